The fraction of sp³-hybridized carbons (Fsp3) is 0.111. The third kappa shape index (κ3) is 2.17. The third-order valence-corrected chi connectivity index (χ3v) is 2.41. The van der Waals surface area contributed by atoms with Crippen LogP contribution in [0.2, 0.25) is 0 Å². The van der Waals surface area contributed by atoms with Crippen LogP contribution in [0, 0.1) is 5.82 Å². The summed E-state index contributed by atoms with van der Waals surface area (Å²) in [5.41, 5.74) is -0.576. The van der Waals surface area contributed by atoms with Crippen LogP contribution >= 0.6 is 15.9 Å². The lowest BCUT2D eigenvalue weighted by molar-refractivity contribution is -0.145. The molecular weight excluding hydrogens is 308 g/mol. The van der Waals surface area contributed by atoms with Gasteiger partial charge in [-0.1, -0.05) is 15.9 Å². The van der Waals surface area contributed by atoms with E-state index < -0.39 is 29.2 Å². The quantitative estimate of drug-likeness (QED) is 0.760. The van der Waals surface area contributed by atoms with E-state index in [9.17, 15) is 22.7 Å². The van der Waals surface area contributed by atoms with E-state index in [0.717, 1.165) is 6.07 Å². The minimum atomic E-state index is -4.84. The maximum Gasteiger partial charge on any atom is 0.451 e. The Hall–Kier alpha value is -1.44. The van der Waals surface area contributed by atoms with E-state index in [1.807, 2.05) is 0 Å². The number of fused-ring (bicyclic) bond motifs is 1. The molecule has 0 fully saturated rings. The summed E-state index contributed by atoms with van der Waals surface area (Å²) >= 11 is 2.95. The van der Waals surface area contributed by atoms with Gasteiger partial charge >= 0.3 is 6.18 Å². The fourth-order valence-corrected chi connectivity index (χ4v) is 1.70. The fourth-order valence-electron chi connectivity index (χ4n) is 1.27. The molecule has 1 N–H and O–H groups in total. The Morgan fingerprint density at radius 1 is 1.18 bits per heavy atom. The Kier molecular flexibility index (Phi) is 2.69. The van der Waals surface area contributed by atoms with Gasteiger partial charge in [0.1, 0.15) is 5.52 Å². The number of benzene rings is 1. The largest absolute Gasteiger partial charge is 0.493 e. The molecule has 8 heteroatoms. The van der Waals surface area contributed by atoms with Crippen LogP contribution in [0.15, 0.2) is 16.6 Å². The van der Waals surface area contributed by atoms with Crippen LogP contribution in [0.5, 0.6) is 5.88 Å². The van der Waals surface area contributed by atoms with Crippen molar-refractivity contribution in [1.29, 1.82) is 0 Å². The number of hydrogen-bond donors (Lipinski definition) is 1. The van der Waals surface area contributed by atoms with Crippen LogP contribution in [0.4, 0.5) is 17.6 Å². The van der Waals surface area contributed by atoms with Crippen molar-refractivity contribution >= 4 is 26.8 Å². The number of hydrogen-bond acceptors (Lipinski definition) is 3. The minimum Gasteiger partial charge on any atom is -0.493 e. The summed E-state index contributed by atoms with van der Waals surface area (Å²) in [7, 11) is 0. The number of halogens is 5. The molecule has 3 nitrogen and oxygen atoms in total. The molecule has 2 aromatic rings. The number of rotatable bonds is 0. The molecule has 0 unspecified atom stereocenters. The Balaban J connectivity index is 2.83. The third-order valence-electron chi connectivity index (χ3n) is 1.95. The second-order valence-electron chi connectivity index (χ2n) is 3.15. The van der Waals surface area contributed by atoms with Crippen LogP contribution in [0.3, 0.4) is 0 Å². The highest BCUT2D eigenvalue weighted by Crippen LogP contribution is 2.32. The van der Waals surface area contributed by atoms with Crippen molar-refractivity contribution < 1.29 is 22.7 Å². The van der Waals surface area contributed by atoms with Crippen molar-refractivity contribution in [3.8, 4) is 5.88 Å². The first kappa shape index (κ1) is 12.0. The molecule has 0 amide bonds. The summed E-state index contributed by atoms with van der Waals surface area (Å²) in [5, 5.41) is 9.14. The van der Waals surface area contributed by atoms with Gasteiger partial charge in [0.15, 0.2) is 5.82 Å². The number of aromatic hydroxyl groups is 1. The van der Waals surface area contributed by atoms with Crippen molar-refractivity contribution in [3.05, 3.63) is 28.2 Å². The van der Waals surface area contributed by atoms with E-state index >= 15 is 0 Å². The Labute approximate surface area is 100 Å². The molecule has 1 aromatic heterocycles. The van der Waals surface area contributed by atoms with Gasteiger partial charge < -0.3 is 5.11 Å². The second-order valence-corrected chi connectivity index (χ2v) is 4.07. The zero-order valence-corrected chi connectivity index (χ0v) is 9.47. The molecule has 0 spiro atoms. The number of aromatic nitrogens is 2. The van der Waals surface area contributed by atoms with Gasteiger partial charge in [-0.3, -0.25) is 0 Å². The first-order chi connectivity index (χ1) is 7.79. The highest BCUT2D eigenvalue weighted by Gasteiger charge is 2.36. The summed E-state index contributed by atoms with van der Waals surface area (Å²) in [6.45, 7) is 0. The average Bonchev–Trinajstić information content (AvgIpc) is 2.17. The van der Waals surface area contributed by atoms with Gasteiger partial charge in [-0.15, -0.1) is 0 Å². The van der Waals surface area contributed by atoms with Gasteiger partial charge in [0.05, 0.1) is 5.39 Å². The van der Waals surface area contributed by atoms with Crippen LogP contribution in [-0.4, -0.2) is 15.1 Å². The molecule has 0 radical (unpaired) electrons. The van der Waals surface area contributed by atoms with Gasteiger partial charge in [-0.05, 0) is 12.1 Å². The first-order valence-electron chi connectivity index (χ1n) is 4.22. The van der Waals surface area contributed by atoms with Crippen molar-refractivity contribution in [2.45, 2.75) is 6.18 Å². The summed E-state index contributed by atoms with van der Waals surface area (Å²) in [6, 6.07) is 2.18. The molecular formula is C9H3BrF4N2O. The second kappa shape index (κ2) is 3.80. The summed E-state index contributed by atoms with van der Waals surface area (Å²) in [4.78, 5) is 5.94. The van der Waals surface area contributed by atoms with Crippen LogP contribution in [0.25, 0.3) is 10.9 Å². The molecule has 0 saturated heterocycles. The lowest BCUT2D eigenvalue weighted by Gasteiger charge is -2.08. The lowest BCUT2D eigenvalue weighted by Crippen LogP contribution is -2.11. The Morgan fingerprint density at radius 2 is 1.82 bits per heavy atom. The van der Waals surface area contributed by atoms with Crippen molar-refractivity contribution in [2.75, 3.05) is 0 Å². The predicted octanol–water partition coefficient (Wildman–Crippen LogP) is 3.26. The maximum absolute atomic E-state index is 13.4. The molecule has 90 valence electrons. The molecule has 0 aliphatic rings. The zero-order chi connectivity index (χ0) is 12.8. The van der Waals surface area contributed by atoms with Crippen molar-refractivity contribution in [3.63, 3.8) is 0 Å². The molecule has 1 aromatic carbocycles. The Morgan fingerprint density at radius 3 is 2.41 bits per heavy atom. The molecule has 0 atom stereocenters. The summed E-state index contributed by atoms with van der Waals surface area (Å²) in [5.74, 6) is -3.47. The van der Waals surface area contributed by atoms with E-state index in [4.69, 9.17) is 0 Å². The monoisotopic (exact) mass is 310 g/mol. The molecule has 0 saturated carbocycles. The lowest BCUT2D eigenvalue weighted by atomic mass is 10.2. The van der Waals surface area contributed by atoms with Gasteiger partial charge in [0.2, 0.25) is 11.7 Å². The number of alkyl halides is 3. The number of nitrogens with zero attached hydrogens (tertiary/aromatic N) is 2. The minimum absolute atomic E-state index is 0.190. The molecule has 0 aliphatic heterocycles. The van der Waals surface area contributed by atoms with Gasteiger partial charge in [0, 0.05) is 4.47 Å². The van der Waals surface area contributed by atoms with Crippen LogP contribution < -0.4 is 0 Å². The standard InChI is InChI=1S/C9H3BrF4N2O/c10-3-1-4-6(5(11)2-3)15-8(9(12,13)14)16-7(4)17/h1-2H,(H,15,16,17). The van der Waals surface area contributed by atoms with Crippen molar-refractivity contribution in [2.24, 2.45) is 0 Å². The van der Waals surface area contributed by atoms with Gasteiger partial charge in [-0.25, -0.2) is 9.37 Å². The topological polar surface area (TPSA) is 46.0 Å². The molecule has 2 rings (SSSR count). The maximum atomic E-state index is 13.4. The van der Waals surface area contributed by atoms with Crippen LogP contribution in [-0.2, 0) is 6.18 Å². The summed E-state index contributed by atoms with van der Waals surface area (Å²) in [6.07, 6.45) is -4.84. The first-order valence-corrected chi connectivity index (χ1v) is 5.01. The van der Waals surface area contributed by atoms with E-state index in [1.54, 1.807) is 0 Å². The summed E-state index contributed by atoms with van der Waals surface area (Å²) < 4.78 is 50.7. The van der Waals surface area contributed by atoms with Gasteiger partial charge in [-0.2, -0.15) is 18.2 Å². The van der Waals surface area contributed by atoms with E-state index in [0.29, 0.717) is 0 Å². The normalized spacial score (nSPS) is 12.1. The smallest absolute Gasteiger partial charge is 0.451 e. The van der Waals surface area contributed by atoms with E-state index in [-0.39, 0.29) is 9.86 Å². The highest BCUT2D eigenvalue weighted by molar-refractivity contribution is 9.10. The van der Waals surface area contributed by atoms with E-state index in [1.165, 1.54) is 6.07 Å². The molecule has 0 bridgehead atoms. The highest BCUT2D eigenvalue weighted by atomic mass is 79.9. The van der Waals surface area contributed by atoms with E-state index in [2.05, 4.69) is 25.9 Å². The van der Waals surface area contributed by atoms with Crippen molar-refractivity contribution in [1.82, 2.24) is 9.97 Å². The molecule has 17 heavy (non-hydrogen) atoms. The predicted molar refractivity (Wildman–Crippen MR) is 53.9 cm³/mol. The molecule has 0 aliphatic carbocycles. The average molecular weight is 311 g/mol. The Bertz CT molecular complexity index is 600. The van der Waals surface area contributed by atoms with Gasteiger partial charge in [0.25, 0.3) is 0 Å². The van der Waals surface area contributed by atoms with Crippen LogP contribution in [0.1, 0.15) is 5.82 Å². The SMILES string of the molecule is Oc1nc(C(F)(F)F)nc2c(F)cc(Br)cc12. The molecule has 1 heterocycles. The zero-order valence-electron chi connectivity index (χ0n) is 7.89.